The molecule has 6 nitrogen and oxygen atoms in total. The van der Waals surface area contributed by atoms with Gasteiger partial charge in [-0.05, 0) is 36.4 Å². The van der Waals surface area contributed by atoms with Crippen LogP contribution in [0.15, 0.2) is 59.5 Å². The molecule has 1 aliphatic heterocycles. The normalized spacial score (nSPS) is 16.2. The molecule has 3 rings (SSSR count). The van der Waals surface area contributed by atoms with Gasteiger partial charge in [0.05, 0.1) is 11.4 Å². The van der Waals surface area contributed by atoms with Crippen molar-refractivity contribution >= 4 is 33.2 Å². The number of carbonyl (C=O) groups is 1. The minimum absolute atomic E-state index is 0.0183. The van der Waals surface area contributed by atoms with Crippen LogP contribution in [0.2, 0.25) is 5.02 Å². The number of carbonyl (C=O) groups excluding carboxylic acids is 1. The number of amides is 1. The number of sulfonamides is 1. The Morgan fingerprint density at radius 1 is 1.00 bits per heavy atom. The van der Waals surface area contributed by atoms with E-state index in [1.54, 1.807) is 24.1 Å². The monoisotopic (exact) mass is 407 g/mol. The molecule has 0 spiro atoms. The summed E-state index contributed by atoms with van der Waals surface area (Å²) in [6.07, 6.45) is 0. The maximum atomic E-state index is 12.7. The molecule has 0 N–H and O–H groups in total. The molecule has 0 atom stereocenters. The standard InChI is InChI=1S/C19H22ClN3O3S/c1-21(17-5-3-2-4-6-17)19(24)15-22-11-13-23(14-12-22)27(25,26)18-9-7-16(20)8-10-18/h2-10H,11-15H2,1H3. The lowest BCUT2D eigenvalue weighted by Crippen LogP contribution is -2.51. The molecule has 1 fully saturated rings. The van der Waals surface area contributed by atoms with Crippen LogP contribution in [0.5, 0.6) is 0 Å². The van der Waals surface area contributed by atoms with Crippen molar-refractivity contribution in [3.8, 4) is 0 Å². The molecule has 0 bridgehead atoms. The summed E-state index contributed by atoms with van der Waals surface area (Å²) in [5.41, 5.74) is 0.839. The number of piperazine rings is 1. The first-order chi connectivity index (χ1) is 12.9. The molecule has 1 heterocycles. The Kier molecular flexibility index (Phi) is 6.16. The fourth-order valence-corrected chi connectivity index (χ4v) is 4.52. The zero-order chi connectivity index (χ0) is 19.4. The summed E-state index contributed by atoms with van der Waals surface area (Å²) < 4.78 is 26.9. The molecular formula is C19H22ClN3O3S. The van der Waals surface area contributed by atoms with Crippen molar-refractivity contribution in [2.45, 2.75) is 4.90 Å². The number of likely N-dealkylation sites (N-methyl/N-ethyl adjacent to an activating group) is 1. The lowest BCUT2D eigenvalue weighted by atomic mass is 10.3. The molecule has 1 amide bonds. The van der Waals surface area contributed by atoms with Gasteiger partial charge < -0.3 is 4.90 Å². The first kappa shape index (κ1) is 19.8. The van der Waals surface area contributed by atoms with Crippen LogP contribution < -0.4 is 4.90 Å². The highest BCUT2D eigenvalue weighted by Crippen LogP contribution is 2.20. The van der Waals surface area contributed by atoms with Gasteiger partial charge in [0.15, 0.2) is 0 Å². The highest BCUT2D eigenvalue weighted by atomic mass is 35.5. The minimum Gasteiger partial charge on any atom is -0.314 e. The first-order valence-electron chi connectivity index (χ1n) is 8.67. The number of benzene rings is 2. The fraction of sp³-hybridized carbons (Fsp3) is 0.316. The smallest absolute Gasteiger partial charge is 0.243 e. The highest BCUT2D eigenvalue weighted by molar-refractivity contribution is 7.89. The third kappa shape index (κ3) is 4.68. The van der Waals surface area contributed by atoms with Gasteiger partial charge in [-0.3, -0.25) is 9.69 Å². The second-order valence-corrected chi connectivity index (χ2v) is 8.80. The van der Waals surface area contributed by atoms with Crippen LogP contribution in [0.4, 0.5) is 5.69 Å². The molecule has 144 valence electrons. The van der Waals surface area contributed by atoms with Crippen LogP contribution in [0.3, 0.4) is 0 Å². The Balaban J connectivity index is 1.57. The summed E-state index contributed by atoms with van der Waals surface area (Å²) in [5, 5.41) is 0.500. The largest absolute Gasteiger partial charge is 0.314 e. The molecule has 2 aromatic carbocycles. The topological polar surface area (TPSA) is 60.9 Å². The molecule has 1 aliphatic rings. The van der Waals surface area contributed by atoms with E-state index in [9.17, 15) is 13.2 Å². The van der Waals surface area contributed by atoms with E-state index in [0.717, 1.165) is 5.69 Å². The average Bonchev–Trinajstić information content (AvgIpc) is 2.69. The summed E-state index contributed by atoms with van der Waals surface area (Å²) in [4.78, 5) is 16.3. The average molecular weight is 408 g/mol. The van der Waals surface area contributed by atoms with Gasteiger partial charge in [-0.25, -0.2) is 8.42 Å². The summed E-state index contributed by atoms with van der Waals surface area (Å²) in [5.74, 6) is -0.0183. The molecule has 1 saturated heterocycles. The number of para-hydroxylation sites is 1. The van der Waals surface area contributed by atoms with Crippen LogP contribution in [0.1, 0.15) is 0 Å². The third-order valence-electron chi connectivity index (χ3n) is 4.66. The van der Waals surface area contributed by atoms with Gasteiger partial charge in [0.1, 0.15) is 0 Å². The fourth-order valence-electron chi connectivity index (χ4n) is 2.98. The maximum absolute atomic E-state index is 12.7. The molecule has 0 radical (unpaired) electrons. The van der Waals surface area contributed by atoms with Crippen molar-refractivity contribution in [3.63, 3.8) is 0 Å². The SMILES string of the molecule is CN(C(=O)CN1CCN(S(=O)(=O)c2ccc(Cl)cc2)CC1)c1ccccc1. The van der Waals surface area contributed by atoms with E-state index in [1.165, 1.54) is 16.4 Å². The summed E-state index contributed by atoms with van der Waals surface area (Å²) >= 11 is 5.83. The van der Waals surface area contributed by atoms with E-state index in [2.05, 4.69) is 0 Å². The Morgan fingerprint density at radius 2 is 1.59 bits per heavy atom. The number of rotatable bonds is 5. The minimum atomic E-state index is -3.54. The van der Waals surface area contributed by atoms with Gasteiger partial charge in [-0.1, -0.05) is 29.8 Å². The van der Waals surface area contributed by atoms with Crippen molar-refractivity contribution in [3.05, 3.63) is 59.6 Å². The molecule has 0 aromatic heterocycles. The van der Waals surface area contributed by atoms with E-state index in [-0.39, 0.29) is 17.3 Å². The van der Waals surface area contributed by atoms with Crippen LogP contribution in [0.25, 0.3) is 0 Å². The summed E-state index contributed by atoms with van der Waals surface area (Å²) in [6, 6.07) is 15.6. The van der Waals surface area contributed by atoms with Crippen LogP contribution in [-0.4, -0.2) is 63.3 Å². The van der Waals surface area contributed by atoms with Gasteiger partial charge >= 0.3 is 0 Å². The predicted molar refractivity (Wildman–Crippen MR) is 107 cm³/mol. The van der Waals surface area contributed by atoms with E-state index >= 15 is 0 Å². The number of hydrogen-bond donors (Lipinski definition) is 0. The molecule has 27 heavy (non-hydrogen) atoms. The second-order valence-electron chi connectivity index (χ2n) is 6.42. The molecule has 0 aliphatic carbocycles. The molecule has 0 saturated carbocycles. The Morgan fingerprint density at radius 3 is 2.19 bits per heavy atom. The van der Waals surface area contributed by atoms with Crippen molar-refractivity contribution in [1.29, 1.82) is 0 Å². The zero-order valence-electron chi connectivity index (χ0n) is 15.1. The second kappa shape index (κ2) is 8.39. The Hall–Kier alpha value is -1.93. The van der Waals surface area contributed by atoms with Gasteiger partial charge in [0.25, 0.3) is 0 Å². The van der Waals surface area contributed by atoms with E-state index < -0.39 is 10.0 Å². The number of halogens is 1. The highest BCUT2D eigenvalue weighted by Gasteiger charge is 2.29. The third-order valence-corrected chi connectivity index (χ3v) is 6.82. The van der Waals surface area contributed by atoms with Gasteiger partial charge in [-0.2, -0.15) is 4.31 Å². The van der Waals surface area contributed by atoms with Crippen LogP contribution in [0, 0.1) is 0 Å². The number of hydrogen-bond acceptors (Lipinski definition) is 4. The molecular weight excluding hydrogens is 386 g/mol. The molecule has 0 unspecified atom stereocenters. The number of nitrogens with zero attached hydrogens (tertiary/aromatic N) is 3. The predicted octanol–water partition coefficient (Wildman–Crippen LogP) is 2.31. The lowest BCUT2D eigenvalue weighted by Gasteiger charge is -2.34. The van der Waals surface area contributed by atoms with Crippen molar-refractivity contribution in [2.75, 3.05) is 44.7 Å². The number of anilines is 1. The van der Waals surface area contributed by atoms with Crippen LogP contribution >= 0.6 is 11.6 Å². The quantitative estimate of drug-likeness (QED) is 0.763. The molecule has 8 heteroatoms. The first-order valence-corrected chi connectivity index (χ1v) is 10.5. The van der Waals surface area contributed by atoms with E-state index in [0.29, 0.717) is 31.2 Å². The van der Waals surface area contributed by atoms with E-state index in [4.69, 9.17) is 11.6 Å². The van der Waals surface area contributed by atoms with Crippen LogP contribution in [-0.2, 0) is 14.8 Å². The summed E-state index contributed by atoms with van der Waals surface area (Å²) in [6.45, 7) is 2.00. The zero-order valence-corrected chi connectivity index (χ0v) is 16.7. The lowest BCUT2D eigenvalue weighted by molar-refractivity contribution is -0.119. The van der Waals surface area contributed by atoms with E-state index in [1.807, 2.05) is 35.2 Å². The van der Waals surface area contributed by atoms with Gasteiger partial charge in [0, 0.05) is 43.9 Å². The molecule has 2 aromatic rings. The van der Waals surface area contributed by atoms with Gasteiger partial charge in [0.2, 0.25) is 15.9 Å². The van der Waals surface area contributed by atoms with Gasteiger partial charge in [-0.15, -0.1) is 0 Å². The Labute approximate surface area is 165 Å². The summed E-state index contributed by atoms with van der Waals surface area (Å²) in [7, 11) is -1.79. The van der Waals surface area contributed by atoms with Crippen molar-refractivity contribution in [1.82, 2.24) is 9.21 Å². The Bertz CT molecular complexity index is 880. The van der Waals surface area contributed by atoms with Crippen molar-refractivity contribution in [2.24, 2.45) is 0 Å². The van der Waals surface area contributed by atoms with Crippen molar-refractivity contribution < 1.29 is 13.2 Å². The maximum Gasteiger partial charge on any atom is 0.243 e.